The zero-order valence-electron chi connectivity index (χ0n) is 27.8. The van der Waals surface area contributed by atoms with Crippen molar-refractivity contribution in [3.63, 3.8) is 0 Å². The number of nitro benzene ring substituents is 1. The number of halogens is 2. The number of amides is 1. The molecule has 0 radical (unpaired) electrons. The van der Waals surface area contributed by atoms with Gasteiger partial charge < -0.3 is 19.4 Å². The number of non-ortho nitro benzene ring substituents is 1. The second-order valence-electron chi connectivity index (χ2n) is 11.8. The van der Waals surface area contributed by atoms with Crippen LogP contribution in [0.25, 0.3) is 27.7 Å². The van der Waals surface area contributed by atoms with Gasteiger partial charge in [-0.05, 0) is 85.8 Å². The number of nitrogens with one attached hydrogen (secondary N) is 1. The summed E-state index contributed by atoms with van der Waals surface area (Å²) in [4.78, 5) is 49.7. The van der Waals surface area contributed by atoms with Gasteiger partial charge in [-0.3, -0.25) is 24.3 Å². The van der Waals surface area contributed by atoms with Crippen LogP contribution >= 0.6 is 0 Å². The minimum absolute atomic E-state index is 0.0553. The van der Waals surface area contributed by atoms with Crippen molar-refractivity contribution in [3.05, 3.63) is 159 Å². The second-order valence-corrected chi connectivity index (χ2v) is 11.8. The standard InChI is InChI=1S/C38H26F2N6O7/c1-22-3-13-30(37(48)45(22)27-7-4-25(39)5-8-27)36(47)42-26-6-14-34(32(40)18-26)53-35-17-23-15-16-43(2)33(23)19-31(35)24-20-41-44(21-24)38(49)52-29-11-9-28(10-12-29)46(50)51/h3-21H,1-2H3,(H,42,47). The van der Waals surface area contributed by atoms with Gasteiger partial charge in [0, 0.05) is 76.7 Å². The number of nitro groups is 1. The number of nitrogens with zero attached hydrogens (tertiary/aromatic N) is 5. The summed E-state index contributed by atoms with van der Waals surface area (Å²) in [6.45, 7) is 1.67. The first-order chi connectivity index (χ1) is 25.4. The van der Waals surface area contributed by atoms with Crippen LogP contribution in [0.2, 0.25) is 0 Å². The van der Waals surface area contributed by atoms with Gasteiger partial charge in [-0.1, -0.05) is 0 Å². The third-order valence-electron chi connectivity index (χ3n) is 8.34. The molecule has 0 fully saturated rings. The fourth-order valence-electron chi connectivity index (χ4n) is 5.64. The van der Waals surface area contributed by atoms with Crippen LogP contribution in [0.4, 0.5) is 25.0 Å². The first-order valence-electron chi connectivity index (χ1n) is 15.8. The summed E-state index contributed by atoms with van der Waals surface area (Å²) < 4.78 is 44.5. The molecule has 0 aliphatic heterocycles. The van der Waals surface area contributed by atoms with Crippen LogP contribution in [0.1, 0.15) is 16.1 Å². The number of aromatic nitrogens is 4. The fraction of sp³-hybridized carbons (Fsp3) is 0.0526. The lowest BCUT2D eigenvalue weighted by atomic mass is 10.1. The molecular weight excluding hydrogens is 690 g/mol. The van der Waals surface area contributed by atoms with Crippen molar-refractivity contribution in [1.29, 1.82) is 0 Å². The molecule has 0 atom stereocenters. The molecule has 7 aromatic rings. The van der Waals surface area contributed by atoms with E-state index in [4.69, 9.17) is 9.47 Å². The number of carbonyl (C=O) groups is 2. The average Bonchev–Trinajstić information content (AvgIpc) is 3.77. The van der Waals surface area contributed by atoms with E-state index < -0.39 is 34.1 Å². The number of benzene rings is 4. The topological polar surface area (TPSA) is 153 Å². The molecule has 0 bridgehead atoms. The van der Waals surface area contributed by atoms with Gasteiger partial charge in [-0.25, -0.2) is 13.6 Å². The number of rotatable bonds is 8. The molecule has 0 spiro atoms. The van der Waals surface area contributed by atoms with E-state index in [1.54, 1.807) is 25.1 Å². The van der Waals surface area contributed by atoms with Gasteiger partial charge in [0.05, 0.1) is 11.1 Å². The van der Waals surface area contributed by atoms with Crippen LogP contribution in [0.5, 0.6) is 17.2 Å². The smallest absolute Gasteiger partial charge is 0.440 e. The lowest BCUT2D eigenvalue weighted by molar-refractivity contribution is -0.384. The van der Waals surface area contributed by atoms with E-state index in [-0.39, 0.29) is 34.2 Å². The Morgan fingerprint density at radius 3 is 2.38 bits per heavy atom. The zero-order valence-corrected chi connectivity index (χ0v) is 27.8. The lowest BCUT2D eigenvalue weighted by Crippen LogP contribution is -2.29. The van der Waals surface area contributed by atoms with Crippen molar-refractivity contribution in [2.75, 3.05) is 5.32 Å². The van der Waals surface area contributed by atoms with Gasteiger partial charge >= 0.3 is 6.09 Å². The molecule has 53 heavy (non-hydrogen) atoms. The Bertz CT molecular complexity index is 2630. The van der Waals surface area contributed by atoms with Crippen LogP contribution in [0.3, 0.4) is 0 Å². The maximum Gasteiger partial charge on any atom is 0.440 e. The largest absolute Gasteiger partial charge is 0.454 e. The van der Waals surface area contributed by atoms with E-state index in [9.17, 15) is 28.9 Å². The highest BCUT2D eigenvalue weighted by molar-refractivity contribution is 6.04. The van der Waals surface area contributed by atoms with Gasteiger partial charge in [-0.2, -0.15) is 9.78 Å². The number of aryl methyl sites for hydroxylation is 2. The number of anilines is 1. The molecule has 3 heterocycles. The van der Waals surface area contributed by atoms with Gasteiger partial charge in [-0.15, -0.1) is 0 Å². The molecule has 1 N–H and O–H groups in total. The average molecular weight is 717 g/mol. The monoisotopic (exact) mass is 716 g/mol. The Labute approximate surface area is 298 Å². The molecule has 0 saturated carbocycles. The molecule has 0 aliphatic rings. The minimum atomic E-state index is -0.879. The highest BCUT2D eigenvalue weighted by Crippen LogP contribution is 2.38. The molecule has 7 rings (SSSR count). The first kappa shape index (κ1) is 34.0. The van der Waals surface area contributed by atoms with Crippen LogP contribution in [0.15, 0.2) is 120 Å². The Morgan fingerprint density at radius 2 is 1.66 bits per heavy atom. The van der Waals surface area contributed by atoms with Crippen molar-refractivity contribution in [3.8, 4) is 34.1 Å². The molecule has 0 unspecified atom stereocenters. The van der Waals surface area contributed by atoms with Crippen LogP contribution in [-0.2, 0) is 7.05 Å². The van der Waals surface area contributed by atoms with E-state index in [1.165, 1.54) is 83.7 Å². The molecule has 13 nitrogen and oxygen atoms in total. The SMILES string of the molecule is Cc1ccc(C(=O)Nc2ccc(Oc3cc4ccn(C)c4cc3-c3cnn(C(=O)Oc4ccc([N+](=O)[O-])cc4)c3)c(F)c2)c(=O)n1-c1ccc(F)cc1. The van der Waals surface area contributed by atoms with Crippen molar-refractivity contribution >= 4 is 34.3 Å². The minimum Gasteiger partial charge on any atom is -0.454 e. The molecule has 264 valence electrons. The highest BCUT2D eigenvalue weighted by atomic mass is 19.1. The summed E-state index contributed by atoms with van der Waals surface area (Å²) in [5.41, 5.74) is 1.64. The normalized spacial score (nSPS) is 11.0. The van der Waals surface area contributed by atoms with Gasteiger partial charge in [0.2, 0.25) is 0 Å². The highest BCUT2D eigenvalue weighted by Gasteiger charge is 2.20. The number of hydrogen-bond acceptors (Lipinski definition) is 8. The molecule has 3 aromatic heterocycles. The van der Waals surface area contributed by atoms with Gasteiger partial charge in [0.1, 0.15) is 22.9 Å². The van der Waals surface area contributed by atoms with E-state index in [1.807, 2.05) is 23.9 Å². The Kier molecular flexibility index (Phi) is 8.81. The summed E-state index contributed by atoms with van der Waals surface area (Å²) >= 11 is 0. The van der Waals surface area contributed by atoms with Crippen molar-refractivity contribution in [2.45, 2.75) is 6.92 Å². The quantitative estimate of drug-likeness (QED) is 0.124. The lowest BCUT2D eigenvalue weighted by Gasteiger charge is -2.14. The summed E-state index contributed by atoms with van der Waals surface area (Å²) in [7, 11) is 1.85. The van der Waals surface area contributed by atoms with Gasteiger partial charge in [0.15, 0.2) is 11.6 Å². The number of ether oxygens (including phenoxy) is 2. The number of hydrogen-bond donors (Lipinski definition) is 1. The van der Waals surface area contributed by atoms with Crippen molar-refractivity contribution in [1.82, 2.24) is 18.9 Å². The van der Waals surface area contributed by atoms with E-state index in [0.717, 1.165) is 21.7 Å². The fourth-order valence-corrected chi connectivity index (χ4v) is 5.64. The maximum atomic E-state index is 15.6. The van der Waals surface area contributed by atoms with Gasteiger partial charge in [0.25, 0.3) is 17.2 Å². The predicted molar refractivity (Wildman–Crippen MR) is 190 cm³/mol. The predicted octanol–water partition coefficient (Wildman–Crippen LogP) is 7.78. The molecule has 4 aromatic carbocycles. The van der Waals surface area contributed by atoms with E-state index >= 15 is 4.39 Å². The first-order valence-corrected chi connectivity index (χ1v) is 15.8. The molecular formula is C38H26F2N6O7. The number of carbonyl (C=O) groups excluding carboxylic acids is 2. The Hall–Kier alpha value is -7.42. The van der Waals surface area contributed by atoms with Crippen molar-refractivity contribution < 1.29 is 32.8 Å². The summed E-state index contributed by atoms with van der Waals surface area (Å²) in [6.07, 6.45) is 3.76. The van der Waals surface area contributed by atoms with E-state index in [2.05, 4.69) is 10.4 Å². The Balaban J connectivity index is 1.13. The summed E-state index contributed by atoms with van der Waals surface area (Å²) in [5, 5.41) is 18.4. The summed E-state index contributed by atoms with van der Waals surface area (Å²) in [6, 6.07) is 22.3. The van der Waals surface area contributed by atoms with E-state index in [0.29, 0.717) is 22.5 Å². The van der Waals surface area contributed by atoms with Crippen LogP contribution in [0, 0.1) is 28.7 Å². The van der Waals surface area contributed by atoms with Crippen LogP contribution < -0.4 is 20.3 Å². The second kappa shape index (κ2) is 13.7. The molecule has 1 amide bonds. The third-order valence-corrected chi connectivity index (χ3v) is 8.34. The maximum absolute atomic E-state index is 15.6. The van der Waals surface area contributed by atoms with Crippen LogP contribution in [-0.4, -0.2) is 35.8 Å². The molecule has 0 aliphatic carbocycles. The molecule has 0 saturated heterocycles. The number of fused-ring (bicyclic) bond motifs is 1. The molecule has 15 heteroatoms. The van der Waals surface area contributed by atoms with Crippen molar-refractivity contribution in [2.24, 2.45) is 7.05 Å². The summed E-state index contributed by atoms with van der Waals surface area (Å²) in [5.74, 6) is -1.96. The number of pyridine rings is 1. The Morgan fingerprint density at radius 1 is 0.906 bits per heavy atom. The third kappa shape index (κ3) is 6.86. The zero-order chi connectivity index (χ0) is 37.4.